The summed E-state index contributed by atoms with van der Waals surface area (Å²) in [4.78, 5) is 14.2. The molecule has 8 heteroatoms. The van der Waals surface area contributed by atoms with Crippen LogP contribution in [0, 0.1) is 0 Å². The molecule has 0 aliphatic carbocycles. The summed E-state index contributed by atoms with van der Waals surface area (Å²) in [6.07, 6.45) is 0. The maximum absolute atomic E-state index is 12.9. The van der Waals surface area contributed by atoms with Gasteiger partial charge in [0, 0.05) is 17.1 Å². The van der Waals surface area contributed by atoms with Gasteiger partial charge < -0.3 is 5.11 Å². The van der Waals surface area contributed by atoms with Crippen LogP contribution in [0.1, 0.15) is 13.8 Å². The van der Waals surface area contributed by atoms with Crippen LogP contribution in [0.5, 0.6) is 5.75 Å². The number of carbonyl (C=O) groups excluding carboxylic acids is 1. The number of hydrogen-bond donors (Lipinski definition) is 1. The molecule has 1 N–H and O–H groups in total. The number of aromatic hydroxyl groups is 1. The van der Waals surface area contributed by atoms with Gasteiger partial charge >= 0.3 is 6.03 Å². The van der Waals surface area contributed by atoms with Gasteiger partial charge in [0.2, 0.25) is 0 Å². The average molecular weight is 367 g/mol. The van der Waals surface area contributed by atoms with Gasteiger partial charge in [-0.25, -0.2) is 13.2 Å². The molecule has 0 bridgehead atoms. The number of urea groups is 1. The van der Waals surface area contributed by atoms with Crippen molar-refractivity contribution in [3.63, 3.8) is 0 Å². The van der Waals surface area contributed by atoms with Crippen molar-refractivity contribution in [1.82, 2.24) is 0 Å². The van der Waals surface area contributed by atoms with Gasteiger partial charge in [0.25, 0.3) is 10.0 Å². The molecule has 0 radical (unpaired) electrons. The first-order valence-electron chi connectivity index (χ1n) is 7.20. The highest BCUT2D eigenvalue weighted by molar-refractivity contribution is 7.94. The third kappa shape index (κ3) is 2.50. The van der Waals surface area contributed by atoms with Crippen molar-refractivity contribution >= 4 is 39.0 Å². The van der Waals surface area contributed by atoms with Crippen molar-refractivity contribution in [3.05, 3.63) is 47.5 Å². The van der Waals surface area contributed by atoms with Crippen molar-refractivity contribution in [2.75, 3.05) is 9.21 Å². The number of phenolic OH excluding ortho intramolecular Hbond substituents is 1. The molecule has 0 atom stereocenters. The second-order valence-corrected chi connectivity index (χ2v) is 7.84. The quantitative estimate of drug-likeness (QED) is 0.881. The SMILES string of the molecule is CC(C)N1C(=O)N(c2ccc(Cl)cc2)S(=O)(=O)c2ccc(O)cc21. The van der Waals surface area contributed by atoms with Gasteiger partial charge in [-0.15, -0.1) is 0 Å². The van der Waals surface area contributed by atoms with E-state index in [0.717, 1.165) is 4.31 Å². The first-order chi connectivity index (χ1) is 11.2. The predicted octanol–water partition coefficient (Wildman–Crippen LogP) is 3.59. The van der Waals surface area contributed by atoms with E-state index in [2.05, 4.69) is 0 Å². The van der Waals surface area contributed by atoms with E-state index in [-0.39, 0.29) is 28.1 Å². The number of rotatable bonds is 2. The molecule has 2 aromatic rings. The van der Waals surface area contributed by atoms with E-state index in [9.17, 15) is 18.3 Å². The summed E-state index contributed by atoms with van der Waals surface area (Å²) in [5, 5.41) is 10.1. The Bertz CT molecular complexity index is 910. The van der Waals surface area contributed by atoms with Gasteiger partial charge in [0.15, 0.2) is 0 Å². The molecule has 3 rings (SSSR count). The van der Waals surface area contributed by atoms with E-state index >= 15 is 0 Å². The van der Waals surface area contributed by atoms with Crippen molar-refractivity contribution in [2.24, 2.45) is 0 Å². The van der Waals surface area contributed by atoms with Gasteiger partial charge in [0.1, 0.15) is 10.6 Å². The van der Waals surface area contributed by atoms with Crippen LogP contribution in [0.25, 0.3) is 0 Å². The van der Waals surface area contributed by atoms with Crippen LogP contribution < -0.4 is 9.21 Å². The Hall–Kier alpha value is -2.25. The summed E-state index contributed by atoms with van der Waals surface area (Å²) in [5.74, 6) is -0.109. The molecule has 24 heavy (non-hydrogen) atoms. The van der Waals surface area contributed by atoms with Gasteiger partial charge in [0.05, 0.1) is 11.4 Å². The highest BCUT2D eigenvalue weighted by Gasteiger charge is 2.43. The Morgan fingerprint density at radius 2 is 1.71 bits per heavy atom. The van der Waals surface area contributed by atoms with Crippen molar-refractivity contribution < 1.29 is 18.3 Å². The fraction of sp³-hybridized carbons (Fsp3) is 0.188. The topological polar surface area (TPSA) is 77.9 Å². The average Bonchev–Trinajstić information content (AvgIpc) is 2.48. The van der Waals surface area contributed by atoms with Crippen LogP contribution >= 0.6 is 11.6 Å². The maximum Gasteiger partial charge on any atom is 0.343 e. The van der Waals surface area contributed by atoms with Gasteiger partial charge in [-0.1, -0.05) is 11.6 Å². The van der Waals surface area contributed by atoms with E-state index in [1.54, 1.807) is 13.8 Å². The standard InChI is InChI=1S/C16H15ClN2O4S/c1-10(2)18-14-9-13(20)7-8-15(14)24(22,23)19(16(18)21)12-5-3-11(17)4-6-12/h3-10,20H,1-2H3. The molecule has 0 spiro atoms. The minimum Gasteiger partial charge on any atom is -0.508 e. The van der Waals surface area contributed by atoms with Crippen molar-refractivity contribution in [1.29, 1.82) is 0 Å². The lowest BCUT2D eigenvalue weighted by molar-refractivity contribution is 0.252. The van der Waals surface area contributed by atoms with Crippen LogP contribution in [0.4, 0.5) is 16.2 Å². The Morgan fingerprint density at radius 1 is 1.08 bits per heavy atom. The zero-order valence-corrected chi connectivity index (χ0v) is 14.5. The normalized spacial score (nSPS) is 16.4. The molecule has 126 valence electrons. The van der Waals surface area contributed by atoms with Crippen LogP contribution in [-0.4, -0.2) is 25.6 Å². The summed E-state index contributed by atoms with van der Waals surface area (Å²) in [5.41, 5.74) is 0.369. The summed E-state index contributed by atoms with van der Waals surface area (Å²) in [7, 11) is -4.09. The van der Waals surface area contributed by atoms with Crippen molar-refractivity contribution in [2.45, 2.75) is 24.8 Å². The highest BCUT2D eigenvalue weighted by Crippen LogP contribution is 2.40. The largest absolute Gasteiger partial charge is 0.508 e. The molecule has 2 amide bonds. The lowest BCUT2D eigenvalue weighted by atomic mass is 10.2. The zero-order valence-electron chi connectivity index (χ0n) is 13.0. The second-order valence-electron chi connectivity index (χ2n) is 5.64. The number of amides is 2. The Balaban J connectivity index is 2.27. The number of benzene rings is 2. The second kappa shape index (κ2) is 5.68. The summed E-state index contributed by atoms with van der Waals surface area (Å²) in [6, 6.07) is 8.84. The molecule has 0 fully saturated rings. The Kier molecular flexibility index (Phi) is 3.93. The molecule has 0 saturated heterocycles. The highest BCUT2D eigenvalue weighted by atomic mass is 35.5. The van der Waals surface area contributed by atoms with Crippen molar-refractivity contribution in [3.8, 4) is 5.75 Å². The number of anilines is 2. The first-order valence-corrected chi connectivity index (χ1v) is 9.02. The Labute approximate surface area is 144 Å². The molecule has 1 heterocycles. The smallest absolute Gasteiger partial charge is 0.343 e. The third-order valence-corrected chi connectivity index (χ3v) is 5.68. The molecule has 2 aromatic carbocycles. The summed E-state index contributed by atoms with van der Waals surface area (Å²) >= 11 is 5.84. The Morgan fingerprint density at radius 3 is 2.29 bits per heavy atom. The number of phenols is 1. The number of halogens is 1. The summed E-state index contributed by atoms with van der Waals surface area (Å²) in [6.45, 7) is 3.54. The van der Waals surface area contributed by atoms with Gasteiger partial charge in [-0.3, -0.25) is 4.90 Å². The van der Waals surface area contributed by atoms with E-state index in [4.69, 9.17) is 11.6 Å². The fourth-order valence-corrected chi connectivity index (χ4v) is 4.32. The third-order valence-electron chi connectivity index (χ3n) is 3.68. The van der Waals surface area contributed by atoms with E-state index in [0.29, 0.717) is 5.02 Å². The van der Waals surface area contributed by atoms with E-state index < -0.39 is 16.1 Å². The van der Waals surface area contributed by atoms with Crippen LogP contribution in [0.2, 0.25) is 5.02 Å². The first kappa shape index (κ1) is 16.6. The molecule has 1 aliphatic rings. The number of sulfonamides is 1. The number of hydrogen-bond acceptors (Lipinski definition) is 4. The minimum atomic E-state index is -4.09. The zero-order chi connectivity index (χ0) is 17.6. The maximum atomic E-state index is 12.9. The lowest BCUT2D eigenvalue weighted by Gasteiger charge is -2.38. The number of nitrogens with zero attached hydrogens (tertiary/aromatic N) is 2. The number of carbonyl (C=O) groups is 1. The monoisotopic (exact) mass is 366 g/mol. The molecule has 6 nitrogen and oxygen atoms in total. The van der Waals surface area contributed by atoms with Gasteiger partial charge in [-0.2, -0.15) is 4.31 Å². The van der Waals surface area contributed by atoms with Gasteiger partial charge in [-0.05, 0) is 50.2 Å². The molecule has 1 aliphatic heterocycles. The fourth-order valence-electron chi connectivity index (χ4n) is 2.64. The minimum absolute atomic E-state index is 0.0384. The molecule has 0 aromatic heterocycles. The molecular formula is C16H15ClN2O4S. The number of fused-ring (bicyclic) bond motifs is 1. The molecular weight excluding hydrogens is 352 g/mol. The summed E-state index contributed by atoms with van der Waals surface area (Å²) < 4.78 is 26.6. The molecule has 0 saturated carbocycles. The van der Waals surface area contributed by atoms with Crippen LogP contribution in [-0.2, 0) is 10.0 Å². The molecule has 0 unspecified atom stereocenters. The van der Waals surface area contributed by atoms with E-state index in [1.807, 2.05) is 0 Å². The van der Waals surface area contributed by atoms with E-state index in [1.165, 1.54) is 47.4 Å². The predicted molar refractivity (Wildman–Crippen MR) is 92.2 cm³/mol. The van der Waals surface area contributed by atoms with Crippen LogP contribution in [0.3, 0.4) is 0 Å². The van der Waals surface area contributed by atoms with Crippen LogP contribution in [0.15, 0.2) is 47.4 Å². The lowest BCUT2D eigenvalue weighted by Crippen LogP contribution is -2.53.